The largest absolute Gasteiger partial charge is 0.348 e. The molecule has 0 saturated carbocycles. The van der Waals surface area contributed by atoms with Gasteiger partial charge in [0.1, 0.15) is 0 Å². The molecule has 2 heterocycles. The molecule has 1 atom stereocenters. The van der Waals surface area contributed by atoms with E-state index in [1.807, 2.05) is 12.3 Å². The van der Waals surface area contributed by atoms with Gasteiger partial charge in [-0.15, -0.1) is 0 Å². The quantitative estimate of drug-likeness (QED) is 0.902. The summed E-state index contributed by atoms with van der Waals surface area (Å²) < 4.78 is 2.29. The zero-order valence-corrected chi connectivity index (χ0v) is 12.2. The van der Waals surface area contributed by atoms with Crippen LogP contribution in [0.5, 0.6) is 0 Å². The van der Waals surface area contributed by atoms with Gasteiger partial charge < -0.3 is 9.88 Å². The Balaban J connectivity index is 1.77. The molecule has 0 aromatic carbocycles. The van der Waals surface area contributed by atoms with Crippen LogP contribution in [0.1, 0.15) is 49.0 Å². The molecule has 2 aromatic heterocycles. The SMILES string of the molecule is CCCNC1CCCc2cn(Cc3ccccn3)cc21. The number of aryl methyl sites for hydroxylation is 1. The maximum Gasteiger partial charge on any atom is 0.0642 e. The zero-order chi connectivity index (χ0) is 13.8. The molecule has 1 aliphatic carbocycles. The van der Waals surface area contributed by atoms with Crippen LogP contribution in [0.15, 0.2) is 36.8 Å². The minimum atomic E-state index is 0.545. The molecule has 1 aliphatic rings. The average Bonchev–Trinajstić information content (AvgIpc) is 2.89. The van der Waals surface area contributed by atoms with Gasteiger partial charge in [-0.2, -0.15) is 0 Å². The highest BCUT2D eigenvalue weighted by molar-refractivity contribution is 5.30. The molecule has 0 radical (unpaired) electrons. The van der Waals surface area contributed by atoms with Crippen molar-refractivity contribution in [3.05, 3.63) is 53.6 Å². The van der Waals surface area contributed by atoms with E-state index in [9.17, 15) is 0 Å². The van der Waals surface area contributed by atoms with Crippen LogP contribution in [0.4, 0.5) is 0 Å². The van der Waals surface area contributed by atoms with Gasteiger partial charge in [0.25, 0.3) is 0 Å². The van der Waals surface area contributed by atoms with Crippen molar-refractivity contribution in [2.24, 2.45) is 0 Å². The maximum absolute atomic E-state index is 4.41. The van der Waals surface area contributed by atoms with Crippen LogP contribution in [0.25, 0.3) is 0 Å². The van der Waals surface area contributed by atoms with Crippen molar-refractivity contribution in [2.45, 2.75) is 45.2 Å². The number of hydrogen-bond donors (Lipinski definition) is 1. The van der Waals surface area contributed by atoms with Gasteiger partial charge in [0.2, 0.25) is 0 Å². The highest BCUT2D eigenvalue weighted by Crippen LogP contribution is 2.30. The molecular weight excluding hydrogens is 246 g/mol. The number of pyridine rings is 1. The lowest BCUT2D eigenvalue weighted by atomic mass is 9.91. The molecule has 0 aliphatic heterocycles. The number of hydrogen-bond acceptors (Lipinski definition) is 2. The van der Waals surface area contributed by atoms with Crippen molar-refractivity contribution in [1.82, 2.24) is 14.9 Å². The van der Waals surface area contributed by atoms with E-state index in [1.165, 1.54) is 36.8 Å². The predicted octanol–water partition coefficient (Wildman–Crippen LogP) is 3.31. The summed E-state index contributed by atoms with van der Waals surface area (Å²) in [5, 5.41) is 3.68. The Labute approximate surface area is 121 Å². The molecule has 106 valence electrons. The fourth-order valence-electron chi connectivity index (χ4n) is 3.05. The Morgan fingerprint density at radius 2 is 2.30 bits per heavy atom. The molecule has 1 unspecified atom stereocenters. The van der Waals surface area contributed by atoms with Crippen LogP contribution in [0.3, 0.4) is 0 Å². The Bertz CT molecular complexity index is 545. The third-order valence-electron chi connectivity index (χ3n) is 4.02. The van der Waals surface area contributed by atoms with Gasteiger partial charge in [-0.1, -0.05) is 13.0 Å². The van der Waals surface area contributed by atoms with Crippen LogP contribution in [0.2, 0.25) is 0 Å². The van der Waals surface area contributed by atoms with Crippen LogP contribution >= 0.6 is 0 Å². The number of fused-ring (bicyclic) bond motifs is 1. The molecule has 0 amide bonds. The van der Waals surface area contributed by atoms with E-state index in [1.54, 1.807) is 0 Å². The van der Waals surface area contributed by atoms with Gasteiger partial charge in [-0.05, 0) is 55.5 Å². The Morgan fingerprint density at radius 1 is 1.35 bits per heavy atom. The van der Waals surface area contributed by atoms with E-state index in [0.717, 1.165) is 18.8 Å². The third-order valence-corrected chi connectivity index (χ3v) is 4.02. The summed E-state index contributed by atoms with van der Waals surface area (Å²) in [6.45, 7) is 4.20. The third kappa shape index (κ3) is 2.93. The molecule has 3 rings (SSSR count). The van der Waals surface area contributed by atoms with E-state index < -0.39 is 0 Å². The fourth-order valence-corrected chi connectivity index (χ4v) is 3.05. The van der Waals surface area contributed by atoms with Gasteiger partial charge in [0.15, 0.2) is 0 Å². The van der Waals surface area contributed by atoms with Crippen molar-refractivity contribution in [3.8, 4) is 0 Å². The highest BCUT2D eigenvalue weighted by atomic mass is 15.0. The van der Waals surface area contributed by atoms with Gasteiger partial charge in [-0.25, -0.2) is 0 Å². The minimum absolute atomic E-state index is 0.545. The monoisotopic (exact) mass is 269 g/mol. The lowest BCUT2D eigenvalue weighted by Gasteiger charge is -2.23. The van der Waals surface area contributed by atoms with Crippen LogP contribution in [0, 0.1) is 0 Å². The minimum Gasteiger partial charge on any atom is -0.348 e. The summed E-state index contributed by atoms with van der Waals surface area (Å²) in [7, 11) is 0. The van der Waals surface area contributed by atoms with Crippen LogP contribution in [-0.4, -0.2) is 16.1 Å². The average molecular weight is 269 g/mol. The lowest BCUT2D eigenvalue weighted by molar-refractivity contribution is 0.462. The number of rotatable bonds is 5. The second-order valence-corrected chi connectivity index (χ2v) is 5.63. The van der Waals surface area contributed by atoms with Crippen LogP contribution < -0.4 is 5.32 Å². The Morgan fingerprint density at radius 3 is 3.10 bits per heavy atom. The predicted molar refractivity (Wildman–Crippen MR) is 81.7 cm³/mol. The van der Waals surface area contributed by atoms with Crippen LogP contribution in [-0.2, 0) is 13.0 Å². The molecule has 0 spiro atoms. The summed E-state index contributed by atoms with van der Waals surface area (Å²) in [5.74, 6) is 0. The van der Waals surface area contributed by atoms with E-state index in [2.05, 4.69) is 46.3 Å². The molecule has 0 bridgehead atoms. The second kappa shape index (κ2) is 6.23. The molecule has 3 nitrogen and oxygen atoms in total. The zero-order valence-electron chi connectivity index (χ0n) is 12.2. The maximum atomic E-state index is 4.41. The van der Waals surface area contributed by atoms with Crippen molar-refractivity contribution in [2.75, 3.05) is 6.54 Å². The highest BCUT2D eigenvalue weighted by Gasteiger charge is 2.21. The number of aromatic nitrogens is 2. The summed E-state index contributed by atoms with van der Waals surface area (Å²) in [6, 6.07) is 6.65. The normalized spacial score (nSPS) is 17.9. The summed E-state index contributed by atoms with van der Waals surface area (Å²) >= 11 is 0. The molecule has 3 heteroatoms. The molecular formula is C17H23N3. The first-order chi connectivity index (χ1) is 9.86. The molecule has 2 aromatic rings. The summed E-state index contributed by atoms with van der Waals surface area (Å²) in [4.78, 5) is 4.41. The van der Waals surface area contributed by atoms with Gasteiger partial charge in [-0.3, -0.25) is 4.98 Å². The fraction of sp³-hybridized carbons (Fsp3) is 0.471. The molecule has 0 saturated heterocycles. The number of nitrogens with one attached hydrogen (secondary N) is 1. The lowest BCUT2D eigenvalue weighted by Crippen LogP contribution is -2.24. The van der Waals surface area contributed by atoms with E-state index in [-0.39, 0.29) is 0 Å². The summed E-state index contributed by atoms with van der Waals surface area (Å²) in [5.41, 5.74) is 4.14. The van der Waals surface area contributed by atoms with Crippen molar-refractivity contribution in [3.63, 3.8) is 0 Å². The van der Waals surface area contributed by atoms with Gasteiger partial charge in [0.05, 0.1) is 12.2 Å². The first-order valence-electron chi connectivity index (χ1n) is 7.68. The first-order valence-corrected chi connectivity index (χ1v) is 7.68. The van der Waals surface area contributed by atoms with Crippen molar-refractivity contribution in [1.29, 1.82) is 0 Å². The summed E-state index contributed by atoms with van der Waals surface area (Å²) in [6.07, 6.45) is 11.5. The standard InChI is InChI=1S/C17H23N3/c1-2-9-19-17-8-5-6-14-11-20(13-16(14)17)12-15-7-3-4-10-18-15/h3-4,7,10-11,13,17,19H,2,5-6,8-9,12H2,1H3. The first kappa shape index (κ1) is 13.4. The Kier molecular flexibility index (Phi) is 4.16. The van der Waals surface area contributed by atoms with Gasteiger partial charge >= 0.3 is 0 Å². The second-order valence-electron chi connectivity index (χ2n) is 5.63. The van der Waals surface area contributed by atoms with E-state index >= 15 is 0 Å². The number of nitrogens with zero attached hydrogens (tertiary/aromatic N) is 2. The van der Waals surface area contributed by atoms with Crippen molar-refractivity contribution < 1.29 is 0 Å². The molecule has 1 N–H and O–H groups in total. The van der Waals surface area contributed by atoms with E-state index in [4.69, 9.17) is 0 Å². The smallest absolute Gasteiger partial charge is 0.0642 e. The van der Waals surface area contributed by atoms with Crippen molar-refractivity contribution >= 4 is 0 Å². The van der Waals surface area contributed by atoms with Gasteiger partial charge in [0, 0.05) is 24.6 Å². The van der Waals surface area contributed by atoms with E-state index in [0.29, 0.717) is 6.04 Å². The molecule has 20 heavy (non-hydrogen) atoms. The topological polar surface area (TPSA) is 29.9 Å². The Hall–Kier alpha value is -1.61. The molecule has 0 fully saturated rings.